The van der Waals surface area contributed by atoms with Crippen molar-refractivity contribution < 1.29 is 9.90 Å². The summed E-state index contributed by atoms with van der Waals surface area (Å²) in [6.07, 6.45) is 4.01. The fourth-order valence-corrected chi connectivity index (χ4v) is 2.28. The fraction of sp³-hybridized carbons (Fsp3) is 0.500. The van der Waals surface area contributed by atoms with Crippen LogP contribution in [0.1, 0.15) is 53.2 Å². The average Bonchev–Trinajstić information content (AvgIpc) is 2.30. The number of hydrogen-bond acceptors (Lipinski definition) is 3. The summed E-state index contributed by atoms with van der Waals surface area (Å²) >= 11 is 0. The van der Waals surface area contributed by atoms with Crippen LogP contribution in [0.3, 0.4) is 0 Å². The summed E-state index contributed by atoms with van der Waals surface area (Å²) in [5.74, 6) is -1.01. The third-order valence-corrected chi connectivity index (χ3v) is 3.47. The van der Waals surface area contributed by atoms with E-state index in [0.717, 1.165) is 36.8 Å². The van der Waals surface area contributed by atoms with Gasteiger partial charge in [-0.1, -0.05) is 19.8 Å². The minimum atomic E-state index is -1.01. The summed E-state index contributed by atoms with van der Waals surface area (Å²) in [6.45, 7) is 5.74. The van der Waals surface area contributed by atoms with Crippen LogP contribution in [0, 0.1) is 13.8 Å². The first kappa shape index (κ1) is 14.4. The van der Waals surface area contributed by atoms with Crippen LogP contribution in [-0.2, 0) is 6.42 Å². The lowest BCUT2D eigenvalue weighted by Gasteiger charge is -2.17. The molecule has 1 rings (SSSR count). The number of anilines is 2. The predicted octanol–water partition coefficient (Wildman–Crippen LogP) is 2.90. The number of rotatable bonds is 5. The van der Waals surface area contributed by atoms with E-state index in [1.807, 2.05) is 6.92 Å². The number of carboxylic acids is 1. The van der Waals surface area contributed by atoms with Crippen LogP contribution in [0.15, 0.2) is 0 Å². The third-order valence-electron chi connectivity index (χ3n) is 3.47. The van der Waals surface area contributed by atoms with Crippen molar-refractivity contribution >= 4 is 17.3 Å². The number of benzene rings is 1. The van der Waals surface area contributed by atoms with E-state index in [0.29, 0.717) is 16.9 Å². The smallest absolute Gasteiger partial charge is 0.338 e. The number of carboxylic acid groups (broad SMARTS) is 1. The lowest BCUT2D eigenvalue weighted by Crippen LogP contribution is -2.13. The quantitative estimate of drug-likeness (QED) is 0.553. The molecule has 0 saturated carbocycles. The second-order valence-corrected chi connectivity index (χ2v) is 4.69. The molecule has 0 heterocycles. The number of carbonyl (C=O) groups is 1. The van der Waals surface area contributed by atoms with Crippen LogP contribution >= 0.6 is 0 Å². The van der Waals surface area contributed by atoms with Gasteiger partial charge in [0.15, 0.2) is 0 Å². The molecule has 0 saturated heterocycles. The molecular formula is C14H22N2O2. The maximum atomic E-state index is 11.3. The molecular weight excluding hydrogens is 228 g/mol. The van der Waals surface area contributed by atoms with Gasteiger partial charge in [-0.15, -0.1) is 0 Å². The van der Waals surface area contributed by atoms with Crippen molar-refractivity contribution in [3.8, 4) is 0 Å². The van der Waals surface area contributed by atoms with Crippen molar-refractivity contribution in [3.05, 3.63) is 22.3 Å². The number of aromatic carboxylic acids is 1. The molecule has 0 aliphatic heterocycles. The van der Waals surface area contributed by atoms with Gasteiger partial charge < -0.3 is 16.6 Å². The van der Waals surface area contributed by atoms with Crippen molar-refractivity contribution in [1.29, 1.82) is 0 Å². The zero-order chi connectivity index (χ0) is 13.9. The largest absolute Gasteiger partial charge is 0.478 e. The van der Waals surface area contributed by atoms with E-state index in [9.17, 15) is 9.90 Å². The highest BCUT2D eigenvalue weighted by Crippen LogP contribution is 2.32. The molecule has 18 heavy (non-hydrogen) atoms. The normalized spacial score (nSPS) is 10.6. The van der Waals surface area contributed by atoms with Crippen molar-refractivity contribution in [1.82, 2.24) is 0 Å². The van der Waals surface area contributed by atoms with Gasteiger partial charge in [-0.25, -0.2) is 4.79 Å². The Balaban J connectivity index is 3.29. The van der Waals surface area contributed by atoms with Gasteiger partial charge in [0.05, 0.1) is 11.3 Å². The number of unbranched alkanes of at least 4 members (excludes halogenated alkanes) is 2. The lowest BCUT2D eigenvalue weighted by molar-refractivity contribution is 0.0697. The average molecular weight is 250 g/mol. The molecule has 0 aliphatic carbocycles. The molecule has 0 spiro atoms. The minimum absolute atomic E-state index is 0.157. The van der Waals surface area contributed by atoms with E-state index in [2.05, 4.69) is 6.92 Å². The van der Waals surface area contributed by atoms with E-state index in [1.54, 1.807) is 6.92 Å². The number of nitrogens with two attached hydrogens (primary N) is 2. The molecule has 4 nitrogen and oxygen atoms in total. The van der Waals surface area contributed by atoms with E-state index >= 15 is 0 Å². The van der Waals surface area contributed by atoms with Gasteiger partial charge in [-0.2, -0.15) is 0 Å². The lowest BCUT2D eigenvalue weighted by atomic mass is 9.92. The Hall–Kier alpha value is -1.71. The fourth-order valence-electron chi connectivity index (χ4n) is 2.28. The molecule has 100 valence electrons. The first-order valence-electron chi connectivity index (χ1n) is 6.32. The molecule has 4 heteroatoms. The van der Waals surface area contributed by atoms with Gasteiger partial charge >= 0.3 is 5.97 Å². The Kier molecular flexibility index (Phi) is 4.59. The second-order valence-electron chi connectivity index (χ2n) is 4.69. The summed E-state index contributed by atoms with van der Waals surface area (Å²) in [5, 5.41) is 9.22. The summed E-state index contributed by atoms with van der Waals surface area (Å²) in [7, 11) is 0. The summed E-state index contributed by atoms with van der Waals surface area (Å²) in [6, 6.07) is 0. The van der Waals surface area contributed by atoms with Crippen molar-refractivity contribution in [2.45, 2.75) is 46.5 Å². The van der Waals surface area contributed by atoms with Gasteiger partial charge in [0.1, 0.15) is 0 Å². The molecule has 0 radical (unpaired) electrons. The molecule has 0 aromatic heterocycles. The third kappa shape index (κ3) is 2.58. The number of hydrogen-bond donors (Lipinski definition) is 3. The van der Waals surface area contributed by atoms with Crippen molar-refractivity contribution in [2.75, 3.05) is 11.5 Å². The molecule has 0 fully saturated rings. The van der Waals surface area contributed by atoms with Crippen LogP contribution in [0.25, 0.3) is 0 Å². The highest BCUT2D eigenvalue weighted by atomic mass is 16.4. The van der Waals surface area contributed by atoms with Gasteiger partial charge in [0.25, 0.3) is 0 Å². The van der Waals surface area contributed by atoms with Crippen LogP contribution in [0.2, 0.25) is 0 Å². The van der Waals surface area contributed by atoms with Crippen LogP contribution in [-0.4, -0.2) is 11.1 Å². The standard InChI is InChI=1S/C14H22N2O2/c1-4-5-6-7-10-8(2)12(15)9(3)11(13(10)16)14(17)18/h4-7,15-16H2,1-3H3,(H,17,18). The Bertz CT molecular complexity index is 468. The monoisotopic (exact) mass is 250 g/mol. The molecule has 0 unspecified atom stereocenters. The van der Waals surface area contributed by atoms with E-state index in [-0.39, 0.29) is 5.56 Å². The van der Waals surface area contributed by atoms with Crippen molar-refractivity contribution in [2.24, 2.45) is 0 Å². The molecule has 0 aliphatic rings. The molecule has 1 aromatic rings. The summed E-state index contributed by atoms with van der Waals surface area (Å²) in [4.78, 5) is 11.3. The highest BCUT2D eigenvalue weighted by Gasteiger charge is 2.20. The highest BCUT2D eigenvalue weighted by molar-refractivity contribution is 5.98. The van der Waals surface area contributed by atoms with Crippen molar-refractivity contribution in [3.63, 3.8) is 0 Å². The van der Waals surface area contributed by atoms with E-state index < -0.39 is 5.97 Å². The van der Waals surface area contributed by atoms with Gasteiger partial charge in [-0.05, 0) is 43.4 Å². The summed E-state index contributed by atoms with van der Waals surface area (Å²) in [5.41, 5.74) is 15.4. The topological polar surface area (TPSA) is 89.3 Å². The Labute approximate surface area is 108 Å². The maximum absolute atomic E-state index is 11.3. The molecule has 0 bridgehead atoms. The number of nitrogen functional groups attached to an aromatic ring is 2. The second kappa shape index (κ2) is 5.76. The van der Waals surface area contributed by atoms with Gasteiger partial charge in [-0.3, -0.25) is 0 Å². The van der Waals surface area contributed by atoms with E-state index in [1.165, 1.54) is 0 Å². The van der Waals surface area contributed by atoms with Crippen LogP contribution in [0.4, 0.5) is 11.4 Å². The minimum Gasteiger partial charge on any atom is -0.478 e. The molecule has 5 N–H and O–H groups in total. The first-order valence-corrected chi connectivity index (χ1v) is 6.32. The molecule has 1 aromatic carbocycles. The van der Waals surface area contributed by atoms with Crippen LogP contribution in [0.5, 0.6) is 0 Å². The van der Waals surface area contributed by atoms with Crippen LogP contribution < -0.4 is 11.5 Å². The summed E-state index contributed by atoms with van der Waals surface area (Å²) < 4.78 is 0. The predicted molar refractivity (Wildman–Crippen MR) is 74.9 cm³/mol. The zero-order valence-electron chi connectivity index (χ0n) is 11.3. The van der Waals surface area contributed by atoms with Gasteiger partial charge in [0.2, 0.25) is 0 Å². The molecule has 0 atom stereocenters. The zero-order valence-corrected chi connectivity index (χ0v) is 11.3. The maximum Gasteiger partial charge on any atom is 0.338 e. The Morgan fingerprint density at radius 1 is 1.11 bits per heavy atom. The molecule has 0 amide bonds. The van der Waals surface area contributed by atoms with Gasteiger partial charge in [0, 0.05) is 5.69 Å². The van der Waals surface area contributed by atoms with E-state index in [4.69, 9.17) is 11.5 Å². The Morgan fingerprint density at radius 2 is 1.72 bits per heavy atom. The first-order chi connectivity index (χ1) is 8.41. The SMILES string of the molecule is CCCCCc1c(C)c(N)c(C)c(C(=O)O)c1N. The Morgan fingerprint density at radius 3 is 2.22 bits per heavy atom.